The van der Waals surface area contributed by atoms with Gasteiger partial charge in [-0.25, -0.2) is 0 Å². The molecular weight excluding hydrogens is 208 g/mol. The van der Waals surface area contributed by atoms with Crippen LogP contribution >= 0.6 is 0 Å². The Morgan fingerprint density at radius 2 is 1.29 bits per heavy atom. The van der Waals surface area contributed by atoms with Crippen LogP contribution in [0.5, 0.6) is 0 Å². The molecule has 0 aliphatic heterocycles. The second kappa shape index (κ2) is 14.0. The second-order valence-corrected chi connectivity index (χ2v) is 5.27. The van der Waals surface area contributed by atoms with E-state index >= 15 is 0 Å². The van der Waals surface area contributed by atoms with Gasteiger partial charge in [0.2, 0.25) is 0 Å². The van der Waals surface area contributed by atoms with Crippen LogP contribution in [0, 0.1) is 0 Å². The van der Waals surface area contributed by atoms with E-state index in [1.807, 2.05) is 0 Å². The summed E-state index contributed by atoms with van der Waals surface area (Å²) in [5, 5.41) is 3.43. The van der Waals surface area contributed by atoms with Gasteiger partial charge in [-0.05, 0) is 19.9 Å². The highest BCUT2D eigenvalue weighted by Gasteiger charge is 1.96. The SMILES string of the molecule is CCCCCCCCCCCCN[C@H](C)CN. The van der Waals surface area contributed by atoms with Crippen LogP contribution < -0.4 is 11.1 Å². The Morgan fingerprint density at radius 1 is 0.824 bits per heavy atom. The van der Waals surface area contributed by atoms with E-state index in [9.17, 15) is 0 Å². The van der Waals surface area contributed by atoms with Crippen LogP contribution in [-0.4, -0.2) is 19.1 Å². The fourth-order valence-corrected chi connectivity index (χ4v) is 2.04. The van der Waals surface area contributed by atoms with Gasteiger partial charge >= 0.3 is 0 Å². The molecule has 1 atom stereocenters. The molecule has 0 bridgehead atoms. The van der Waals surface area contributed by atoms with E-state index in [-0.39, 0.29) is 0 Å². The number of rotatable bonds is 13. The van der Waals surface area contributed by atoms with Crippen LogP contribution in [0.15, 0.2) is 0 Å². The maximum atomic E-state index is 5.54. The maximum absolute atomic E-state index is 5.54. The summed E-state index contributed by atoms with van der Waals surface area (Å²) in [5.41, 5.74) is 5.54. The molecule has 0 aliphatic rings. The van der Waals surface area contributed by atoms with E-state index in [2.05, 4.69) is 19.2 Å². The monoisotopic (exact) mass is 242 g/mol. The molecule has 0 saturated heterocycles. The van der Waals surface area contributed by atoms with Gasteiger partial charge in [0, 0.05) is 12.6 Å². The largest absolute Gasteiger partial charge is 0.329 e. The van der Waals surface area contributed by atoms with Crippen molar-refractivity contribution in [3.8, 4) is 0 Å². The third-order valence-corrected chi connectivity index (χ3v) is 3.38. The summed E-state index contributed by atoms with van der Waals surface area (Å²) in [7, 11) is 0. The molecule has 3 N–H and O–H groups in total. The molecule has 0 radical (unpaired) electrons. The number of unbranched alkanes of at least 4 members (excludes halogenated alkanes) is 9. The molecule has 2 heteroatoms. The predicted octanol–water partition coefficient (Wildman–Crippen LogP) is 3.84. The summed E-state index contributed by atoms with van der Waals surface area (Å²) >= 11 is 0. The van der Waals surface area contributed by atoms with E-state index < -0.39 is 0 Å². The topological polar surface area (TPSA) is 38.0 Å². The summed E-state index contributed by atoms with van der Waals surface area (Å²) < 4.78 is 0. The van der Waals surface area contributed by atoms with Gasteiger partial charge in [0.25, 0.3) is 0 Å². The van der Waals surface area contributed by atoms with Crippen molar-refractivity contribution in [1.29, 1.82) is 0 Å². The average molecular weight is 242 g/mol. The Kier molecular flexibility index (Phi) is 13.9. The minimum absolute atomic E-state index is 0.480. The quantitative estimate of drug-likeness (QED) is 0.482. The highest BCUT2D eigenvalue weighted by Crippen LogP contribution is 2.10. The lowest BCUT2D eigenvalue weighted by Crippen LogP contribution is -2.33. The molecule has 17 heavy (non-hydrogen) atoms. The first-order chi connectivity index (χ1) is 8.31. The molecule has 0 fully saturated rings. The van der Waals surface area contributed by atoms with Crippen LogP contribution in [0.2, 0.25) is 0 Å². The first-order valence-electron chi connectivity index (χ1n) is 7.74. The lowest BCUT2D eigenvalue weighted by atomic mass is 10.1. The van der Waals surface area contributed by atoms with Gasteiger partial charge < -0.3 is 11.1 Å². The zero-order chi connectivity index (χ0) is 12.8. The normalized spacial score (nSPS) is 12.9. The van der Waals surface area contributed by atoms with Crippen molar-refractivity contribution in [3.63, 3.8) is 0 Å². The van der Waals surface area contributed by atoms with Crippen molar-refractivity contribution in [3.05, 3.63) is 0 Å². The summed E-state index contributed by atoms with van der Waals surface area (Å²) in [6.45, 7) is 6.31. The van der Waals surface area contributed by atoms with Gasteiger partial charge in [-0.3, -0.25) is 0 Å². The lowest BCUT2D eigenvalue weighted by Gasteiger charge is -2.10. The van der Waals surface area contributed by atoms with E-state index in [1.165, 1.54) is 64.2 Å². The zero-order valence-electron chi connectivity index (χ0n) is 12.1. The fourth-order valence-electron chi connectivity index (χ4n) is 2.04. The van der Waals surface area contributed by atoms with Gasteiger partial charge in [-0.2, -0.15) is 0 Å². The van der Waals surface area contributed by atoms with Crippen molar-refractivity contribution < 1.29 is 0 Å². The first-order valence-corrected chi connectivity index (χ1v) is 7.74. The van der Waals surface area contributed by atoms with Crippen LogP contribution in [0.1, 0.15) is 78.1 Å². The van der Waals surface area contributed by atoms with Gasteiger partial charge in [-0.15, -0.1) is 0 Å². The van der Waals surface area contributed by atoms with E-state index in [0.29, 0.717) is 6.04 Å². The molecule has 104 valence electrons. The van der Waals surface area contributed by atoms with E-state index in [1.54, 1.807) is 0 Å². The zero-order valence-corrected chi connectivity index (χ0v) is 12.1. The molecule has 0 aromatic rings. The molecular formula is C15H34N2. The average Bonchev–Trinajstić information content (AvgIpc) is 2.35. The van der Waals surface area contributed by atoms with Gasteiger partial charge in [0.1, 0.15) is 0 Å². The van der Waals surface area contributed by atoms with Gasteiger partial charge in [0.05, 0.1) is 0 Å². The molecule has 0 heterocycles. The Bertz CT molecular complexity index is 137. The molecule has 0 rings (SSSR count). The number of hydrogen-bond donors (Lipinski definition) is 2. The van der Waals surface area contributed by atoms with Crippen LogP contribution in [0.25, 0.3) is 0 Å². The molecule has 0 spiro atoms. The molecule has 0 amide bonds. The minimum atomic E-state index is 0.480. The molecule has 0 saturated carbocycles. The van der Waals surface area contributed by atoms with Crippen LogP contribution in [0.3, 0.4) is 0 Å². The van der Waals surface area contributed by atoms with Crippen molar-refractivity contribution in [2.24, 2.45) is 5.73 Å². The Labute approximate surface area is 109 Å². The summed E-state index contributed by atoms with van der Waals surface area (Å²) in [5.74, 6) is 0. The molecule has 0 aromatic carbocycles. The van der Waals surface area contributed by atoms with Crippen molar-refractivity contribution >= 4 is 0 Å². The van der Waals surface area contributed by atoms with Gasteiger partial charge in [0.15, 0.2) is 0 Å². The molecule has 0 aromatic heterocycles. The highest BCUT2D eigenvalue weighted by molar-refractivity contribution is 4.60. The molecule has 0 unspecified atom stereocenters. The Hall–Kier alpha value is -0.0800. The van der Waals surface area contributed by atoms with E-state index in [0.717, 1.165) is 13.1 Å². The summed E-state index contributed by atoms with van der Waals surface area (Å²) in [6.07, 6.45) is 14.1. The van der Waals surface area contributed by atoms with Crippen molar-refractivity contribution in [2.75, 3.05) is 13.1 Å². The standard InChI is InChI=1S/C15H34N2/c1-3-4-5-6-7-8-9-10-11-12-13-17-15(2)14-16/h15,17H,3-14,16H2,1-2H3/t15-/m1/s1. The van der Waals surface area contributed by atoms with Crippen molar-refractivity contribution in [2.45, 2.75) is 84.1 Å². The van der Waals surface area contributed by atoms with Crippen LogP contribution in [-0.2, 0) is 0 Å². The summed E-state index contributed by atoms with van der Waals surface area (Å²) in [6, 6.07) is 0.480. The van der Waals surface area contributed by atoms with Gasteiger partial charge in [-0.1, -0.05) is 64.7 Å². The first kappa shape index (κ1) is 16.9. The van der Waals surface area contributed by atoms with Crippen molar-refractivity contribution in [1.82, 2.24) is 5.32 Å². The lowest BCUT2D eigenvalue weighted by molar-refractivity contribution is 0.511. The number of nitrogens with one attached hydrogen (secondary N) is 1. The second-order valence-electron chi connectivity index (χ2n) is 5.27. The highest BCUT2D eigenvalue weighted by atomic mass is 14.9. The number of nitrogens with two attached hydrogens (primary N) is 1. The Morgan fingerprint density at radius 3 is 1.76 bits per heavy atom. The third-order valence-electron chi connectivity index (χ3n) is 3.38. The summed E-state index contributed by atoms with van der Waals surface area (Å²) in [4.78, 5) is 0. The third kappa shape index (κ3) is 13.9. The molecule has 2 nitrogen and oxygen atoms in total. The minimum Gasteiger partial charge on any atom is -0.329 e. The predicted molar refractivity (Wildman–Crippen MR) is 78.4 cm³/mol. The smallest absolute Gasteiger partial charge is 0.0161 e. The van der Waals surface area contributed by atoms with E-state index in [4.69, 9.17) is 5.73 Å². The Balaban J connectivity index is 2.94. The number of hydrogen-bond acceptors (Lipinski definition) is 2. The fraction of sp³-hybridized carbons (Fsp3) is 1.00. The molecule has 0 aliphatic carbocycles. The maximum Gasteiger partial charge on any atom is 0.0161 e. The van der Waals surface area contributed by atoms with Crippen LogP contribution in [0.4, 0.5) is 0 Å².